The first-order valence-corrected chi connectivity index (χ1v) is 20.8. The Bertz CT molecular complexity index is 3020. The van der Waals surface area contributed by atoms with Gasteiger partial charge in [-0.2, -0.15) is 0 Å². The van der Waals surface area contributed by atoms with E-state index in [2.05, 4.69) is 203 Å². The third kappa shape index (κ3) is 5.61. The number of anilines is 5. The molecule has 0 saturated heterocycles. The molecule has 7 aromatic carbocycles. The second kappa shape index (κ2) is 13.3. The number of rotatable bonds is 5. The lowest BCUT2D eigenvalue weighted by Gasteiger charge is -2.41. The number of thiophene rings is 1. The Balaban J connectivity index is 1.33. The molecule has 0 N–H and O–H groups in total. The third-order valence-electron chi connectivity index (χ3n) is 12.2. The summed E-state index contributed by atoms with van der Waals surface area (Å²) in [7, 11) is 2.21. The molecule has 276 valence electrons. The summed E-state index contributed by atoms with van der Waals surface area (Å²) >= 11 is 1.92. The molecular formula is C53H45BN2S. The molecule has 0 radical (unpaired) electrons. The summed E-state index contributed by atoms with van der Waals surface area (Å²) in [6, 6.07) is 49.3. The predicted octanol–water partition coefficient (Wildman–Crippen LogP) is 13.6. The van der Waals surface area contributed by atoms with Crippen LogP contribution >= 0.6 is 11.3 Å². The summed E-state index contributed by atoms with van der Waals surface area (Å²) in [5.41, 5.74) is 13.1. The molecule has 57 heavy (non-hydrogen) atoms. The van der Waals surface area contributed by atoms with Crippen LogP contribution in [-0.2, 0) is 0 Å². The van der Waals surface area contributed by atoms with Crippen molar-refractivity contribution in [1.29, 1.82) is 0 Å². The zero-order chi connectivity index (χ0) is 39.2. The minimum atomic E-state index is -0.120. The molecule has 10 rings (SSSR count). The van der Waals surface area contributed by atoms with Crippen LogP contribution in [-0.4, -0.2) is 13.8 Å². The number of allylic oxidation sites excluding steroid dienone is 6. The zero-order valence-corrected chi connectivity index (χ0v) is 34.1. The molecule has 2 aliphatic rings. The predicted molar refractivity (Wildman–Crippen MR) is 252 cm³/mol. The van der Waals surface area contributed by atoms with E-state index in [4.69, 9.17) is 6.58 Å². The summed E-state index contributed by atoms with van der Waals surface area (Å²) in [5, 5.41) is 7.83. The van der Waals surface area contributed by atoms with Crippen molar-refractivity contribution < 1.29 is 0 Å². The maximum Gasteiger partial charge on any atom is 0.245 e. The van der Waals surface area contributed by atoms with Gasteiger partial charge >= 0.3 is 0 Å². The second-order valence-corrected chi connectivity index (χ2v) is 17.9. The SMILES string of the molecule is C=C1C=CC(C(C)(C)C)=CC1C(=C)B1c2cc3sc4c5ccccc5c5ccccc5c4c3cc2N(c2ccccc2)c2cc(C)cc(N(C)c3ccccc3)c21. The van der Waals surface area contributed by atoms with Crippen molar-refractivity contribution in [3.8, 4) is 0 Å². The lowest BCUT2D eigenvalue weighted by Crippen LogP contribution is -2.54. The highest BCUT2D eigenvalue weighted by atomic mass is 32.1. The fourth-order valence-electron chi connectivity index (χ4n) is 9.38. The van der Waals surface area contributed by atoms with Crippen molar-refractivity contribution in [2.75, 3.05) is 16.8 Å². The average molecular weight is 753 g/mol. The smallest absolute Gasteiger partial charge is 0.245 e. The maximum atomic E-state index is 5.09. The van der Waals surface area contributed by atoms with E-state index < -0.39 is 0 Å². The van der Waals surface area contributed by atoms with Crippen LogP contribution in [0.15, 0.2) is 181 Å². The largest absolute Gasteiger partial charge is 0.345 e. The van der Waals surface area contributed by atoms with Crippen LogP contribution in [0.5, 0.6) is 0 Å². The van der Waals surface area contributed by atoms with Crippen molar-refractivity contribution in [2.24, 2.45) is 11.3 Å². The molecule has 0 bridgehead atoms. The highest BCUT2D eigenvalue weighted by molar-refractivity contribution is 7.27. The van der Waals surface area contributed by atoms with Crippen LogP contribution in [0.25, 0.3) is 41.7 Å². The first-order valence-electron chi connectivity index (χ1n) is 19.9. The van der Waals surface area contributed by atoms with Crippen LogP contribution < -0.4 is 20.7 Å². The minimum Gasteiger partial charge on any atom is -0.345 e. The van der Waals surface area contributed by atoms with Crippen molar-refractivity contribution in [2.45, 2.75) is 27.7 Å². The maximum absolute atomic E-state index is 5.09. The summed E-state index contributed by atoms with van der Waals surface area (Å²) in [6.07, 6.45) is 6.90. The van der Waals surface area contributed by atoms with Gasteiger partial charge in [-0.25, -0.2) is 0 Å². The highest BCUT2D eigenvalue weighted by Crippen LogP contribution is 2.48. The van der Waals surface area contributed by atoms with Crippen LogP contribution in [0.3, 0.4) is 0 Å². The molecule has 1 aromatic heterocycles. The number of benzene rings is 7. The number of aryl methyl sites for hydroxylation is 1. The molecule has 1 aliphatic heterocycles. The summed E-state index contributed by atoms with van der Waals surface area (Å²) < 4.78 is 2.63. The van der Waals surface area contributed by atoms with Crippen LogP contribution in [0.2, 0.25) is 0 Å². The first-order chi connectivity index (χ1) is 27.6. The van der Waals surface area contributed by atoms with Crippen LogP contribution in [0.4, 0.5) is 28.4 Å². The average Bonchev–Trinajstić information content (AvgIpc) is 3.60. The molecule has 8 aromatic rings. The Morgan fingerprint density at radius 3 is 2.05 bits per heavy atom. The van der Waals surface area contributed by atoms with Gasteiger partial charge in [-0.3, -0.25) is 0 Å². The normalized spacial score (nSPS) is 15.4. The van der Waals surface area contributed by atoms with Gasteiger partial charge in [0.2, 0.25) is 6.71 Å². The van der Waals surface area contributed by atoms with E-state index in [1.807, 2.05) is 11.3 Å². The molecule has 2 heterocycles. The molecule has 1 aliphatic carbocycles. The Hall–Kier alpha value is -6.10. The van der Waals surface area contributed by atoms with Gasteiger partial charge in [-0.05, 0) is 105 Å². The monoisotopic (exact) mass is 752 g/mol. The number of nitrogens with zero attached hydrogens (tertiary/aromatic N) is 2. The lowest BCUT2D eigenvalue weighted by atomic mass is 9.32. The van der Waals surface area contributed by atoms with E-state index in [1.54, 1.807) is 0 Å². The molecule has 2 nitrogen and oxygen atoms in total. The topological polar surface area (TPSA) is 6.48 Å². The van der Waals surface area contributed by atoms with E-state index in [0.29, 0.717) is 0 Å². The number of para-hydroxylation sites is 2. The van der Waals surface area contributed by atoms with Gasteiger partial charge in [0.05, 0.1) is 0 Å². The summed E-state index contributed by atoms with van der Waals surface area (Å²) in [4.78, 5) is 4.88. The molecular weight excluding hydrogens is 707 g/mol. The van der Waals surface area contributed by atoms with E-state index in [-0.39, 0.29) is 18.0 Å². The Morgan fingerprint density at radius 1 is 0.719 bits per heavy atom. The van der Waals surface area contributed by atoms with Crippen LogP contribution in [0.1, 0.15) is 26.3 Å². The van der Waals surface area contributed by atoms with Gasteiger partial charge in [-0.15, -0.1) is 17.9 Å². The van der Waals surface area contributed by atoms with Gasteiger partial charge in [-0.1, -0.05) is 136 Å². The van der Waals surface area contributed by atoms with Crippen molar-refractivity contribution in [1.82, 2.24) is 0 Å². The molecule has 0 amide bonds. The standard InChI is InChI=1S/C53H45BN2S/c1-33-28-47(55(7)37-18-10-8-11-19-37)51-48(29-33)56(38-20-12-9-13-21-38)46-31-44-49(32-45(46)54(51)35(3)43-30-36(53(4,5)6)27-26-34(43)2)57-52-42-25-17-15-23-40(42)39-22-14-16-24-41(39)50(44)52/h8-32,43H,2-3H2,1,4-7H3. The van der Waals surface area contributed by atoms with Gasteiger partial charge in [0, 0.05) is 67.0 Å². The number of fused-ring (bicyclic) bond motifs is 10. The van der Waals surface area contributed by atoms with Gasteiger partial charge in [0.1, 0.15) is 0 Å². The molecule has 1 unspecified atom stereocenters. The summed E-state index contributed by atoms with van der Waals surface area (Å²) in [6.45, 7) is 18.7. The Morgan fingerprint density at radius 2 is 1.35 bits per heavy atom. The molecule has 0 fully saturated rings. The Labute approximate surface area is 340 Å². The highest BCUT2D eigenvalue weighted by Gasteiger charge is 2.41. The second-order valence-electron chi connectivity index (χ2n) is 16.9. The number of hydrogen-bond donors (Lipinski definition) is 0. The van der Waals surface area contributed by atoms with Crippen LogP contribution in [0, 0.1) is 18.3 Å². The summed E-state index contributed by atoms with van der Waals surface area (Å²) in [5.74, 6) is -0.0274. The van der Waals surface area contributed by atoms with Crippen molar-refractivity contribution in [3.05, 3.63) is 187 Å². The van der Waals surface area contributed by atoms with Crippen molar-refractivity contribution >= 4 is 99.1 Å². The van der Waals surface area contributed by atoms with Gasteiger partial charge < -0.3 is 9.80 Å². The number of hydrogen-bond acceptors (Lipinski definition) is 3. The van der Waals surface area contributed by atoms with Gasteiger partial charge in [0.25, 0.3) is 0 Å². The third-order valence-corrected chi connectivity index (χ3v) is 13.4. The molecule has 0 saturated carbocycles. The van der Waals surface area contributed by atoms with Crippen molar-refractivity contribution in [3.63, 3.8) is 0 Å². The Kier molecular flexibility index (Phi) is 8.21. The van der Waals surface area contributed by atoms with E-state index >= 15 is 0 Å². The molecule has 0 spiro atoms. The molecule has 4 heteroatoms. The minimum absolute atomic E-state index is 0.00714. The van der Waals surface area contributed by atoms with E-state index in [0.717, 1.165) is 22.4 Å². The van der Waals surface area contributed by atoms with Gasteiger partial charge in [0.15, 0.2) is 0 Å². The fraction of sp³-hybridized carbons (Fsp3) is 0.132. The quantitative estimate of drug-likeness (QED) is 0.128. The fourth-order valence-corrected chi connectivity index (χ4v) is 10.7. The lowest BCUT2D eigenvalue weighted by molar-refractivity contribution is 0.511. The first kappa shape index (κ1) is 35.3. The van der Waals surface area contributed by atoms with E-state index in [1.165, 1.54) is 80.8 Å². The van der Waals surface area contributed by atoms with E-state index in [9.17, 15) is 0 Å². The zero-order valence-electron chi connectivity index (χ0n) is 33.3. The molecule has 1 atom stereocenters.